The number of nitrogen functional groups attached to an aromatic ring is 1. The van der Waals surface area contributed by atoms with Crippen LogP contribution in [-0.4, -0.2) is 46.5 Å². The Morgan fingerprint density at radius 1 is 1.33 bits per heavy atom. The first kappa shape index (κ1) is 19.9. The first-order valence-electron chi connectivity index (χ1n) is 8.05. The molecule has 2 aromatic rings. The molecule has 0 bridgehead atoms. The van der Waals surface area contributed by atoms with Gasteiger partial charge in [0.25, 0.3) is 11.8 Å². The van der Waals surface area contributed by atoms with Crippen LogP contribution in [0.2, 0.25) is 0 Å². The van der Waals surface area contributed by atoms with Gasteiger partial charge in [-0.25, -0.2) is 9.37 Å². The van der Waals surface area contributed by atoms with E-state index in [0.717, 1.165) is 0 Å². The molecule has 0 aliphatic carbocycles. The number of pyridine rings is 1. The van der Waals surface area contributed by atoms with E-state index in [9.17, 15) is 19.1 Å². The Morgan fingerprint density at radius 3 is 2.67 bits per heavy atom. The topological polar surface area (TPSA) is 123 Å². The molecule has 7 nitrogen and oxygen atoms in total. The Kier molecular flexibility index (Phi) is 6.11. The van der Waals surface area contributed by atoms with E-state index in [1.54, 1.807) is 14.0 Å². The number of nitrogens with zero attached hydrogens (tertiary/aromatic N) is 2. The van der Waals surface area contributed by atoms with Gasteiger partial charge in [-0.1, -0.05) is 11.8 Å². The SMILES string of the molecule is CCN(C)C(=O)[C@H](O)C#Cc1ccc(F)c(-c2ccc(N)c(C(N)=O)n2)c1. The zero-order chi connectivity index (χ0) is 20.1. The van der Waals surface area contributed by atoms with Crippen molar-refractivity contribution in [3.05, 3.63) is 47.4 Å². The third kappa shape index (κ3) is 4.59. The molecular formula is C19H19FN4O3. The van der Waals surface area contributed by atoms with Gasteiger partial charge in [0, 0.05) is 24.7 Å². The average Bonchev–Trinajstić information content (AvgIpc) is 2.66. The molecule has 8 heteroatoms. The summed E-state index contributed by atoms with van der Waals surface area (Å²) in [6.45, 7) is 2.20. The molecule has 0 fully saturated rings. The third-order valence-electron chi connectivity index (χ3n) is 3.84. The lowest BCUT2D eigenvalue weighted by Crippen LogP contribution is -2.35. The molecule has 1 aromatic heterocycles. The lowest BCUT2D eigenvalue weighted by Gasteiger charge is -2.15. The summed E-state index contributed by atoms with van der Waals surface area (Å²) in [6.07, 6.45) is -1.49. The summed E-state index contributed by atoms with van der Waals surface area (Å²) < 4.78 is 14.2. The predicted molar refractivity (Wildman–Crippen MR) is 98.8 cm³/mol. The van der Waals surface area contributed by atoms with Crippen molar-refractivity contribution in [1.82, 2.24) is 9.88 Å². The number of halogens is 1. The standard InChI is InChI=1S/C19H19FN4O3/c1-3-24(2)19(27)16(25)9-5-11-4-6-13(20)12(10-11)15-8-7-14(21)17(23-15)18(22)26/h4,6-8,10,16,25H,3,21H2,1-2H3,(H2,22,26)/t16-/m1/s1. The molecule has 2 amide bonds. The third-order valence-corrected chi connectivity index (χ3v) is 3.84. The van der Waals surface area contributed by atoms with Gasteiger partial charge in [-0.05, 0) is 37.3 Å². The van der Waals surface area contributed by atoms with Crippen LogP contribution >= 0.6 is 0 Å². The zero-order valence-corrected chi connectivity index (χ0v) is 14.9. The van der Waals surface area contributed by atoms with Gasteiger partial charge in [-0.3, -0.25) is 9.59 Å². The van der Waals surface area contributed by atoms with Gasteiger partial charge in [0.1, 0.15) is 5.82 Å². The van der Waals surface area contributed by atoms with Crippen molar-refractivity contribution >= 4 is 17.5 Å². The van der Waals surface area contributed by atoms with Crippen molar-refractivity contribution in [2.24, 2.45) is 5.73 Å². The quantitative estimate of drug-likeness (QED) is 0.686. The van der Waals surface area contributed by atoms with Gasteiger partial charge < -0.3 is 21.5 Å². The van der Waals surface area contributed by atoms with Crippen LogP contribution in [0.3, 0.4) is 0 Å². The number of likely N-dealkylation sites (N-methyl/N-ethyl adjacent to an activating group) is 1. The number of rotatable bonds is 4. The minimum absolute atomic E-state index is 0.0794. The number of hydrogen-bond acceptors (Lipinski definition) is 5. The summed E-state index contributed by atoms with van der Waals surface area (Å²) in [5, 5.41) is 9.83. The summed E-state index contributed by atoms with van der Waals surface area (Å²) in [5.41, 5.74) is 11.4. The number of benzene rings is 1. The fourth-order valence-electron chi connectivity index (χ4n) is 2.19. The van der Waals surface area contributed by atoms with Gasteiger partial charge in [-0.2, -0.15) is 0 Å². The van der Waals surface area contributed by atoms with Gasteiger partial charge in [0.05, 0.1) is 11.4 Å². The highest BCUT2D eigenvalue weighted by Crippen LogP contribution is 2.24. The summed E-state index contributed by atoms with van der Waals surface area (Å²) in [5.74, 6) is 3.12. The minimum atomic E-state index is -1.49. The van der Waals surface area contributed by atoms with E-state index in [2.05, 4.69) is 16.8 Å². The Labute approximate surface area is 155 Å². The predicted octanol–water partition coefficient (Wildman–Crippen LogP) is 0.759. The van der Waals surface area contributed by atoms with E-state index < -0.39 is 23.7 Å². The molecule has 140 valence electrons. The highest BCUT2D eigenvalue weighted by atomic mass is 19.1. The second-order valence-corrected chi connectivity index (χ2v) is 5.72. The van der Waals surface area contributed by atoms with E-state index in [1.165, 1.54) is 35.2 Å². The van der Waals surface area contributed by atoms with E-state index in [-0.39, 0.29) is 22.6 Å². The number of amides is 2. The molecule has 1 atom stereocenters. The van der Waals surface area contributed by atoms with E-state index in [0.29, 0.717) is 12.1 Å². The van der Waals surface area contributed by atoms with Crippen molar-refractivity contribution in [1.29, 1.82) is 0 Å². The Hall–Kier alpha value is -3.44. The Bertz CT molecular complexity index is 950. The van der Waals surface area contributed by atoms with Crippen LogP contribution in [-0.2, 0) is 4.79 Å². The highest BCUT2D eigenvalue weighted by Gasteiger charge is 2.16. The summed E-state index contributed by atoms with van der Waals surface area (Å²) in [7, 11) is 1.55. The fraction of sp³-hybridized carbons (Fsp3) is 0.211. The second-order valence-electron chi connectivity index (χ2n) is 5.72. The molecular weight excluding hydrogens is 351 g/mol. The van der Waals surface area contributed by atoms with Crippen molar-refractivity contribution in [2.75, 3.05) is 19.3 Å². The van der Waals surface area contributed by atoms with Crippen LogP contribution in [0.1, 0.15) is 23.0 Å². The van der Waals surface area contributed by atoms with Crippen molar-refractivity contribution in [2.45, 2.75) is 13.0 Å². The molecule has 0 saturated heterocycles. The number of aromatic nitrogens is 1. The van der Waals surface area contributed by atoms with Gasteiger partial charge in [-0.15, -0.1) is 0 Å². The number of carbonyl (C=O) groups is 2. The average molecular weight is 370 g/mol. The first-order chi connectivity index (χ1) is 12.7. The fourth-order valence-corrected chi connectivity index (χ4v) is 2.19. The van der Waals surface area contributed by atoms with Crippen LogP contribution in [0.15, 0.2) is 30.3 Å². The van der Waals surface area contributed by atoms with Crippen LogP contribution in [0, 0.1) is 17.7 Å². The van der Waals surface area contributed by atoms with Crippen molar-refractivity contribution in [3.63, 3.8) is 0 Å². The molecule has 1 heterocycles. The minimum Gasteiger partial charge on any atom is -0.397 e. The number of aliphatic hydroxyl groups excluding tert-OH is 1. The largest absolute Gasteiger partial charge is 0.397 e. The number of hydrogen-bond donors (Lipinski definition) is 3. The molecule has 0 spiro atoms. The summed E-state index contributed by atoms with van der Waals surface area (Å²) in [6, 6.07) is 6.83. The number of nitrogens with two attached hydrogens (primary N) is 2. The highest BCUT2D eigenvalue weighted by molar-refractivity contribution is 5.96. The van der Waals surface area contributed by atoms with Crippen LogP contribution < -0.4 is 11.5 Å². The molecule has 27 heavy (non-hydrogen) atoms. The number of anilines is 1. The molecule has 0 radical (unpaired) electrons. The lowest BCUT2D eigenvalue weighted by atomic mass is 10.1. The Morgan fingerprint density at radius 2 is 2.04 bits per heavy atom. The van der Waals surface area contributed by atoms with Crippen LogP contribution in [0.5, 0.6) is 0 Å². The number of aliphatic hydroxyl groups is 1. The molecule has 0 aliphatic heterocycles. The monoisotopic (exact) mass is 370 g/mol. The van der Waals surface area contributed by atoms with Crippen molar-refractivity contribution < 1.29 is 19.1 Å². The van der Waals surface area contributed by atoms with Gasteiger partial charge >= 0.3 is 0 Å². The molecule has 5 N–H and O–H groups in total. The van der Waals surface area contributed by atoms with Crippen molar-refractivity contribution in [3.8, 4) is 23.1 Å². The second kappa shape index (κ2) is 8.29. The first-order valence-corrected chi connectivity index (χ1v) is 8.05. The number of carbonyl (C=O) groups excluding carboxylic acids is 2. The molecule has 0 saturated carbocycles. The smallest absolute Gasteiger partial charge is 0.269 e. The lowest BCUT2D eigenvalue weighted by molar-refractivity contribution is -0.135. The van der Waals surface area contributed by atoms with Crippen LogP contribution in [0.4, 0.5) is 10.1 Å². The maximum Gasteiger partial charge on any atom is 0.269 e. The molecule has 0 unspecified atom stereocenters. The maximum absolute atomic E-state index is 14.2. The zero-order valence-electron chi connectivity index (χ0n) is 14.9. The van der Waals surface area contributed by atoms with Crippen LogP contribution in [0.25, 0.3) is 11.3 Å². The molecule has 1 aromatic carbocycles. The summed E-state index contributed by atoms with van der Waals surface area (Å²) >= 11 is 0. The van der Waals surface area contributed by atoms with E-state index >= 15 is 0 Å². The number of primary amides is 1. The maximum atomic E-state index is 14.2. The normalized spacial score (nSPS) is 11.3. The van der Waals surface area contributed by atoms with Gasteiger partial charge in [0.15, 0.2) is 11.8 Å². The Balaban J connectivity index is 2.38. The van der Waals surface area contributed by atoms with E-state index in [1.807, 2.05) is 0 Å². The summed E-state index contributed by atoms with van der Waals surface area (Å²) in [4.78, 5) is 28.5. The van der Waals surface area contributed by atoms with Gasteiger partial charge in [0.2, 0.25) is 0 Å². The molecule has 2 rings (SSSR count). The van der Waals surface area contributed by atoms with E-state index in [4.69, 9.17) is 11.5 Å². The molecule has 0 aliphatic rings.